The summed E-state index contributed by atoms with van der Waals surface area (Å²) in [6, 6.07) is 0. The molecule has 0 aromatic carbocycles. The maximum atomic E-state index is 10.9. The number of unbranched alkanes of at least 4 members (excludes halogenated alkanes) is 4. The smallest absolute Gasteiger partial charge is 0.302 e. The summed E-state index contributed by atoms with van der Waals surface area (Å²) in [5, 5.41) is 8.63. The van der Waals surface area contributed by atoms with Crippen molar-refractivity contribution in [1.82, 2.24) is 0 Å². The molecule has 0 bridgehead atoms. The summed E-state index contributed by atoms with van der Waals surface area (Å²) < 4.78 is 5.21. The number of ether oxygens (including phenoxy) is 1. The normalized spacial score (nSPS) is 11.8. The second-order valence-corrected chi connectivity index (χ2v) is 4.25. The Balaban J connectivity index is 3.61. The summed E-state index contributed by atoms with van der Waals surface area (Å²) in [6.07, 6.45) is 12.7. The standard InChI is InChI=1S/C14H24O3/c1-3-4-10-14(17-13(2)16)11-8-6-5-7-9-12-15/h1,14-15H,4-12H2,2H3. The molecular weight excluding hydrogens is 216 g/mol. The molecule has 1 atom stereocenters. The average Bonchev–Trinajstić information content (AvgIpc) is 2.29. The van der Waals surface area contributed by atoms with Crippen molar-refractivity contribution in [3.8, 4) is 12.3 Å². The number of esters is 1. The van der Waals surface area contributed by atoms with Crippen LogP contribution in [0.5, 0.6) is 0 Å². The number of hydrogen-bond donors (Lipinski definition) is 1. The minimum absolute atomic E-state index is 0.0265. The van der Waals surface area contributed by atoms with Crippen LogP contribution in [-0.4, -0.2) is 23.8 Å². The van der Waals surface area contributed by atoms with Gasteiger partial charge in [0, 0.05) is 20.0 Å². The fraction of sp³-hybridized carbons (Fsp3) is 0.786. The monoisotopic (exact) mass is 240 g/mol. The highest BCUT2D eigenvalue weighted by Gasteiger charge is 2.10. The molecule has 0 aliphatic heterocycles. The van der Waals surface area contributed by atoms with Crippen LogP contribution in [0.3, 0.4) is 0 Å². The molecule has 98 valence electrons. The summed E-state index contributed by atoms with van der Waals surface area (Å²) in [5.41, 5.74) is 0. The Morgan fingerprint density at radius 1 is 1.24 bits per heavy atom. The van der Waals surface area contributed by atoms with Gasteiger partial charge in [0.05, 0.1) is 0 Å². The van der Waals surface area contributed by atoms with Crippen LogP contribution >= 0.6 is 0 Å². The van der Waals surface area contributed by atoms with Gasteiger partial charge in [-0.2, -0.15) is 0 Å². The van der Waals surface area contributed by atoms with Gasteiger partial charge in [-0.3, -0.25) is 4.79 Å². The van der Waals surface area contributed by atoms with Crippen LogP contribution in [0.15, 0.2) is 0 Å². The minimum atomic E-state index is -0.229. The van der Waals surface area contributed by atoms with Crippen LogP contribution in [0.25, 0.3) is 0 Å². The van der Waals surface area contributed by atoms with Gasteiger partial charge < -0.3 is 9.84 Å². The van der Waals surface area contributed by atoms with Gasteiger partial charge in [0.25, 0.3) is 0 Å². The quantitative estimate of drug-likeness (QED) is 0.363. The number of carbonyl (C=O) groups is 1. The van der Waals surface area contributed by atoms with Crippen molar-refractivity contribution >= 4 is 5.97 Å². The molecule has 0 spiro atoms. The number of aliphatic hydroxyl groups excluding tert-OH is 1. The average molecular weight is 240 g/mol. The molecular formula is C14H24O3. The van der Waals surface area contributed by atoms with E-state index in [1.807, 2.05) is 0 Å². The van der Waals surface area contributed by atoms with E-state index in [9.17, 15) is 4.79 Å². The van der Waals surface area contributed by atoms with E-state index >= 15 is 0 Å². The predicted molar refractivity (Wildman–Crippen MR) is 68.4 cm³/mol. The fourth-order valence-electron chi connectivity index (χ4n) is 1.76. The van der Waals surface area contributed by atoms with Gasteiger partial charge in [-0.1, -0.05) is 19.3 Å². The first kappa shape index (κ1) is 16.0. The Morgan fingerprint density at radius 3 is 2.47 bits per heavy atom. The summed E-state index contributed by atoms with van der Waals surface area (Å²) >= 11 is 0. The van der Waals surface area contributed by atoms with Gasteiger partial charge in [0.2, 0.25) is 0 Å². The Bertz CT molecular complexity index is 230. The van der Waals surface area contributed by atoms with Crippen LogP contribution in [0.4, 0.5) is 0 Å². The van der Waals surface area contributed by atoms with E-state index in [4.69, 9.17) is 16.3 Å². The number of terminal acetylenes is 1. The third kappa shape index (κ3) is 11.3. The zero-order valence-electron chi connectivity index (χ0n) is 10.8. The van der Waals surface area contributed by atoms with Gasteiger partial charge in [0.1, 0.15) is 6.10 Å². The van der Waals surface area contributed by atoms with Gasteiger partial charge in [-0.15, -0.1) is 12.3 Å². The first-order chi connectivity index (χ1) is 8.20. The maximum absolute atomic E-state index is 10.9. The lowest BCUT2D eigenvalue weighted by Crippen LogP contribution is -2.16. The Labute approximate surface area is 105 Å². The van der Waals surface area contributed by atoms with Crippen LogP contribution in [0.1, 0.15) is 58.3 Å². The molecule has 1 unspecified atom stereocenters. The Hall–Kier alpha value is -1.01. The highest BCUT2D eigenvalue weighted by Crippen LogP contribution is 2.13. The van der Waals surface area contributed by atoms with Gasteiger partial charge in [-0.05, 0) is 25.7 Å². The topological polar surface area (TPSA) is 46.5 Å². The molecule has 0 saturated heterocycles. The zero-order chi connectivity index (χ0) is 12.9. The second kappa shape index (κ2) is 11.5. The fourth-order valence-corrected chi connectivity index (χ4v) is 1.76. The van der Waals surface area contributed by atoms with Crippen molar-refractivity contribution in [2.45, 2.75) is 64.4 Å². The third-order valence-electron chi connectivity index (χ3n) is 2.63. The van der Waals surface area contributed by atoms with Gasteiger partial charge in [0.15, 0.2) is 0 Å². The molecule has 0 amide bonds. The summed E-state index contributed by atoms with van der Waals surface area (Å²) in [7, 11) is 0. The first-order valence-corrected chi connectivity index (χ1v) is 6.42. The lowest BCUT2D eigenvalue weighted by Gasteiger charge is -2.15. The molecule has 0 rings (SSSR count). The highest BCUT2D eigenvalue weighted by molar-refractivity contribution is 5.66. The maximum Gasteiger partial charge on any atom is 0.302 e. The van der Waals surface area contributed by atoms with Crippen LogP contribution < -0.4 is 0 Å². The Kier molecular flexibility index (Phi) is 10.8. The van der Waals surface area contributed by atoms with Crippen molar-refractivity contribution in [3.63, 3.8) is 0 Å². The van der Waals surface area contributed by atoms with E-state index in [-0.39, 0.29) is 18.7 Å². The van der Waals surface area contributed by atoms with Crippen molar-refractivity contribution in [1.29, 1.82) is 0 Å². The van der Waals surface area contributed by atoms with E-state index in [1.54, 1.807) is 0 Å². The van der Waals surface area contributed by atoms with Crippen LogP contribution in [-0.2, 0) is 9.53 Å². The SMILES string of the molecule is C#CCCC(CCCCCCCO)OC(C)=O. The van der Waals surface area contributed by atoms with Crippen LogP contribution in [0.2, 0.25) is 0 Å². The van der Waals surface area contributed by atoms with Gasteiger partial charge >= 0.3 is 5.97 Å². The largest absolute Gasteiger partial charge is 0.463 e. The molecule has 1 N–H and O–H groups in total. The predicted octanol–water partition coefficient (Wildman–Crippen LogP) is 2.66. The third-order valence-corrected chi connectivity index (χ3v) is 2.63. The number of hydrogen-bond acceptors (Lipinski definition) is 3. The van der Waals surface area contributed by atoms with E-state index in [0.717, 1.165) is 44.9 Å². The number of rotatable bonds is 10. The summed E-state index contributed by atoms with van der Waals surface area (Å²) in [6.45, 7) is 1.71. The van der Waals surface area contributed by atoms with E-state index in [0.29, 0.717) is 6.42 Å². The molecule has 0 saturated carbocycles. The second-order valence-electron chi connectivity index (χ2n) is 4.25. The Morgan fingerprint density at radius 2 is 1.88 bits per heavy atom. The minimum Gasteiger partial charge on any atom is -0.463 e. The number of aliphatic hydroxyl groups is 1. The molecule has 3 nitrogen and oxygen atoms in total. The van der Waals surface area contributed by atoms with Gasteiger partial charge in [-0.25, -0.2) is 0 Å². The van der Waals surface area contributed by atoms with E-state index in [2.05, 4.69) is 5.92 Å². The van der Waals surface area contributed by atoms with Crippen LogP contribution in [0, 0.1) is 12.3 Å². The lowest BCUT2D eigenvalue weighted by molar-refractivity contribution is -0.146. The van der Waals surface area contributed by atoms with Crippen molar-refractivity contribution < 1.29 is 14.6 Å². The summed E-state index contributed by atoms with van der Waals surface area (Å²) in [4.78, 5) is 10.9. The van der Waals surface area contributed by atoms with Crippen molar-refractivity contribution in [2.75, 3.05) is 6.61 Å². The van der Waals surface area contributed by atoms with E-state index < -0.39 is 0 Å². The molecule has 0 fully saturated rings. The zero-order valence-corrected chi connectivity index (χ0v) is 10.8. The molecule has 17 heavy (non-hydrogen) atoms. The number of carbonyl (C=O) groups excluding carboxylic acids is 1. The first-order valence-electron chi connectivity index (χ1n) is 6.42. The lowest BCUT2D eigenvalue weighted by atomic mass is 10.0. The molecule has 0 radical (unpaired) electrons. The molecule has 0 aromatic rings. The molecule has 0 aromatic heterocycles. The highest BCUT2D eigenvalue weighted by atomic mass is 16.5. The summed E-state index contributed by atoms with van der Waals surface area (Å²) in [5.74, 6) is 2.34. The molecule has 0 heterocycles. The van der Waals surface area contributed by atoms with E-state index in [1.165, 1.54) is 6.92 Å². The molecule has 0 aliphatic carbocycles. The van der Waals surface area contributed by atoms with Crippen molar-refractivity contribution in [3.05, 3.63) is 0 Å². The van der Waals surface area contributed by atoms with Crippen molar-refractivity contribution in [2.24, 2.45) is 0 Å². The molecule has 0 aliphatic rings. The molecule has 3 heteroatoms.